The molecular formula is C72H55N3. The Morgan fingerprint density at radius 2 is 0.640 bits per heavy atom. The largest absolute Gasteiger partial charge is 0.310 e. The molecule has 3 nitrogen and oxygen atoms in total. The molecule has 0 N–H and O–H groups in total. The quantitative estimate of drug-likeness (QED) is 0.150. The summed E-state index contributed by atoms with van der Waals surface area (Å²) in [4.78, 5) is 7.32. The smallest absolute Gasteiger partial charge is 0.0709 e. The minimum Gasteiger partial charge on any atom is -0.310 e. The minimum absolute atomic E-state index is 0.133. The summed E-state index contributed by atoms with van der Waals surface area (Å²) in [5.41, 5.74) is 27.7. The lowest BCUT2D eigenvalue weighted by atomic mass is 9.82. The second-order valence-corrected chi connectivity index (χ2v) is 21.4. The number of anilines is 9. The van der Waals surface area contributed by atoms with Gasteiger partial charge >= 0.3 is 0 Å². The standard InChI is InChI=1S/C72H55N3/c1-71(2)63-23-13-11-21-59(63)61-42-40-57(46-65(61)71)73(55-36-31-51(32-37-55)50-29-27-49(28-30-50)48-17-7-5-8-18-48)56-38-33-52(34-39-56)53-35-44-69-70(45-53)75(68-26-16-15-25-67(68)74(69)54-19-9-6-10-20-54)58-41-43-62-60-22-12-14-24-64(60)72(3,4)66(62)47-58/h5-47H,1-4H3. The van der Waals surface area contributed by atoms with Gasteiger partial charge in [0.2, 0.25) is 0 Å². The number of hydrogen-bond donors (Lipinski definition) is 0. The normalized spacial score (nSPS) is 14.0. The lowest BCUT2D eigenvalue weighted by Crippen LogP contribution is -2.24. The summed E-state index contributed by atoms with van der Waals surface area (Å²) < 4.78 is 0. The zero-order valence-corrected chi connectivity index (χ0v) is 42.7. The molecule has 3 aliphatic rings. The van der Waals surface area contributed by atoms with Crippen molar-refractivity contribution in [1.29, 1.82) is 0 Å². The van der Waals surface area contributed by atoms with E-state index in [0.29, 0.717) is 0 Å². The highest BCUT2D eigenvalue weighted by Crippen LogP contribution is 2.57. The first-order valence-corrected chi connectivity index (χ1v) is 26.2. The first-order valence-electron chi connectivity index (χ1n) is 26.2. The van der Waals surface area contributed by atoms with Gasteiger partial charge in [0.25, 0.3) is 0 Å². The molecule has 0 fully saturated rings. The summed E-state index contributed by atoms with van der Waals surface area (Å²) in [6.45, 7) is 9.45. The van der Waals surface area contributed by atoms with Crippen LogP contribution >= 0.6 is 0 Å². The van der Waals surface area contributed by atoms with Gasteiger partial charge in [-0.15, -0.1) is 0 Å². The second-order valence-electron chi connectivity index (χ2n) is 21.4. The fourth-order valence-electron chi connectivity index (χ4n) is 12.5. The van der Waals surface area contributed by atoms with Crippen molar-refractivity contribution in [2.75, 3.05) is 14.7 Å². The molecule has 3 heteroatoms. The average Bonchev–Trinajstić information content (AvgIpc) is 3.91. The summed E-state index contributed by atoms with van der Waals surface area (Å²) >= 11 is 0. The van der Waals surface area contributed by atoms with Gasteiger partial charge in [0, 0.05) is 39.3 Å². The van der Waals surface area contributed by atoms with Crippen molar-refractivity contribution < 1.29 is 0 Å². The van der Waals surface area contributed by atoms with Crippen LogP contribution in [0.1, 0.15) is 49.9 Å². The average molecular weight is 962 g/mol. The van der Waals surface area contributed by atoms with Gasteiger partial charge in [0.15, 0.2) is 0 Å². The molecule has 0 radical (unpaired) electrons. The Morgan fingerprint density at radius 3 is 1.21 bits per heavy atom. The Morgan fingerprint density at radius 1 is 0.253 bits per heavy atom. The number of nitrogens with zero attached hydrogens (tertiary/aromatic N) is 3. The first-order chi connectivity index (χ1) is 36.7. The molecule has 0 aromatic heterocycles. The number of rotatable bonds is 8. The molecule has 14 rings (SSSR count). The van der Waals surface area contributed by atoms with Crippen molar-refractivity contribution in [3.05, 3.63) is 283 Å². The molecule has 0 amide bonds. The van der Waals surface area contributed by atoms with Crippen LogP contribution in [0.5, 0.6) is 0 Å². The summed E-state index contributed by atoms with van der Waals surface area (Å²) in [5, 5.41) is 0. The topological polar surface area (TPSA) is 9.72 Å². The molecule has 11 aromatic rings. The first kappa shape index (κ1) is 44.5. The SMILES string of the molecule is CC1(C)c2ccccc2-c2ccc(N(c3ccc(-c4ccc(-c5ccccc5)cc4)cc3)c3ccc(-c4ccc5c(c4)N(c4ccc6c(c4)C(C)(C)c4ccccc4-6)c4ccccc4N5c4ccccc4)cc3)cc21. The van der Waals surface area contributed by atoms with Crippen LogP contribution in [0.4, 0.5) is 51.2 Å². The summed E-state index contributed by atoms with van der Waals surface area (Å²) in [6, 6.07) is 96.3. The van der Waals surface area contributed by atoms with E-state index < -0.39 is 0 Å². The number of hydrogen-bond acceptors (Lipinski definition) is 3. The predicted octanol–water partition coefficient (Wildman–Crippen LogP) is 20.0. The zero-order valence-electron chi connectivity index (χ0n) is 42.7. The lowest BCUT2D eigenvalue weighted by molar-refractivity contribution is 0.660. The van der Waals surface area contributed by atoms with Gasteiger partial charge in [-0.1, -0.05) is 204 Å². The molecule has 1 aliphatic heterocycles. The van der Waals surface area contributed by atoms with Gasteiger partial charge in [-0.2, -0.15) is 0 Å². The van der Waals surface area contributed by atoms with Crippen molar-refractivity contribution in [1.82, 2.24) is 0 Å². The summed E-state index contributed by atoms with van der Waals surface area (Å²) in [7, 11) is 0. The van der Waals surface area contributed by atoms with Gasteiger partial charge < -0.3 is 14.7 Å². The number of benzene rings is 11. The van der Waals surface area contributed by atoms with Gasteiger partial charge in [-0.25, -0.2) is 0 Å². The maximum atomic E-state index is 2.48. The predicted molar refractivity (Wildman–Crippen MR) is 315 cm³/mol. The van der Waals surface area contributed by atoms with E-state index in [1.54, 1.807) is 0 Å². The van der Waals surface area contributed by atoms with Crippen LogP contribution in [0.25, 0.3) is 55.6 Å². The van der Waals surface area contributed by atoms with E-state index in [2.05, 4.69) is 303 Å². The Labute approximate surface area is 440 Å². The van der Waals surface area contributed by atoms with Crippen LogP contribution in [0, 0.1) is 0 Å². The van der Waals surface area contributed by atoms with E-state index >= 15 is 0 Å². The van der Waals surface area contributed by atoms with Crippen molar-refractivity contribution in [3.8, 4) is 55.6 Å². The molecule has 75 heavy (non-hydrogen) atoms. The lowest BCUT2D eigenvalue weighted by Gasteiger charge is -2.41. The molecule has 2 aliphatic carbocycles. The van der Waals surface area contributed by atoms with E-state index in [4.69, 9.17) is 0 Å². The molecule has 0 saturated carbocycles. The highest BCUT2D eigenvalue weighted by Gasteiger charge is 2.38. The van der Waals surface area contributed by atoms with Crippen LogP contribution in [0.3, 0.4) is 0 Å². The highest BCUT2D eigenvalue weighted by molar-refractivity contribution is 6.03. The van der Waals surface area contributed by atoms with E-state index in [-0.39, 0.29) is 10.8 Å². The van der Waals surface area contributed by atoms with E-state index in [9.17, 15) is 0 Å². The third-order valence-corrected chi connectivity index (χ3v) is 16.4. The molecule has 0 spiro atoms. The Kier molecular flexibility index (Phi) is 10.2. The Balaban J connectivity index is 0.868. The summed E-state index contributed by atoms with van der Waals surface area (Å²) in [6.07, 6.45) is 0. The number of para-hydroxylation sites is 3. The van der Waals surface area contributed by atoms with Crippen LogP contribution in [-0.2, 0) is 10.8 Å². The van der Waals surface area contributed by atoms with Crippen molar-refractivity contribution in [2.45, 2.75) is 38.5 Å². The Bertz CT molecular complexity index is 3980. The zero-order chi connectivity index (χ0) is 50.4. The Hall–Kier alpha value is -9.18. The van der Waals surface area contributed by atoms with E-state index in [0.717, 1.165) is 62.3 Å². The van der Waals surface area contributed by atoms with Gasteiger partial charge in [-0.05, 0) is 163 Å². The maximum Gasteiger partial charge on any atom is 0.0709 e. The van der Waals surface area contributed by atoms with Crippen LogP contribution in [-0.4, -0.2) is 0 Å². The highest BCUT2D eigenvalue weighted by atomic mass is 15.3. The van der Waals surface area contributed by atoms with Gasteiger partial charge in [-0.3, -0.25) is 0 Å². The van der Waals surface area contributed by atoms with E-state index in [1.165, 1.54) is 66.8 Å². The van der Waals surface area contributed by atoms with Gasteiger partial charge in [0.1, 0.15) is 0 Å². The van der Waals surface area contributed by atoms with Crippen molar-refractivity contribution in [2.24, 2.45) is 0 Å². The van der Waals surface area contributed by atoms with Crippen molar-refractivity contribution >= 4 is 51.2 Å². The van der Waals surface area contributed by atoms with Crippen LogP contribution < -0.4 is 14.7 Å². The minimum atomic E-state index is -0.134. The fourth-order valence-corrected chi connectivity index (χ4v) is 12.5. The summed E-state index contributed by atoms with van der Waals surface area (Å²) in [5.74, 6) is 0. The third-order valence-electron chi connectivity index (χ3n) is 16.4. The molecule has 0 saturated heterocycles. The monoisotopic (exact) mass is 961 g/mol. The molecule has 0 bridgehead atoms. The third kappa shape index (κ3) is 7.17. The molecule has 11 aromatic carbocycles. The number of fused-ring (bicyclic) bond motifs is 8. The molecule has 0 atom stereocenters. The second kappa shape index (κ2) is 17.2. The molecule has 1 heterocycles. The maximum absolute atomic E-state index is 2.48. The van der Waals surface area contributed by atoms with Crippen LogP contribution in [0.15, 0.2) is 261 Å². The fraction of sp³-hybridized carbons (Fsp3) is 0.0833. The van der Waals surface area contributed by atoms with Crippen LogP contribution in [0.2, 0.25) is 0 Å². The van der Waals surface area contributed by atoms with Gasteiger partial charge in [0.05, 0.1) is 22.7 Å². The molecule has 358 valence electrons. The van der Waals surface area contributed by atoms with E-state index in [1.807, 2.05) is 0 Å². The molecule has 0 unspecified atom stereocenters. The molecular weight excluding hydrogens is 907 g/mol. The van der Waals surface area contributed by atoms with Crippen molar-refractivity contribution in [3.63, 3.8) is 0 Å².